The summed E-state index contributed by atoms with van der Waals surface area (Å²) in [5, 5.41) is 4.16. The van der Waals surface area contributed by atoms with Crippen LogP contribution in [0.2, 0.25) is 0 Å². The lowest BCUT2D eigenvalue weighted by Crippen LogP contribution is -2.25. The van der Waals surface area contributed by atoms with E-state index < -0.39 is 6.36 Å². The van der Waals surface area contributed by atoms with Gasteiger partial charge >= 0.3 is 6.36 Å². The molecule has 2 aromatic rings. The van der Waals surface area contributed by atoms with E-state index in [-0.39, 0.29) is 11.7 Å². The first kappa shape index (κ1) is 15.9. The second kappa shape index (κ2) is 5.70. The molecule has 0 bridgehead atoms. The Balaban J connectivity index is 2.34. The molecule has 0 radical (unpaired) electrons. The molecule has 22 heavy (non-hydrogen) atoms. The molecule has 0 N–H and O–H groups in total. The normalized spacial score (nSPS) is 11.4. The van der Waals surface area contributed by atoms with Gasteiger partial charge in [0.05, 0.1) is 11.4 Å². The SMILES string of the molecule is CC(=O)N(c1ccc(OC(F)(F)F)cc1)c1cc(C)nn1C. The fourth-order valence-electron chi connectivity index (χ4n) is 2.08. The zero-order valence-corrected chi connectivity index (χ0v) is 12.2. The van der Waals surface area contributed by atoms with E-state index in [9.17, 15) is 18.0 Å². The molecule has 0 aliphatic heterocycles. The van der Waals surface area contributed by atoms with Crippen LogP contribution in [0.25, 0.3) is 0 Å². The number of aromatic nitrogens is 2. The van der Waals surface area contributed by atoms with Crippen molar-refractivity contribution in [2.24, 2.45) is 7.05 Å². The zero-order chi connectivity index (χ0) is 16.5. The Hall–Kier alpha value is -2.51. The summed E-state index contributed by atoms with van der Waals surface area (Å²) in [5.74, 6) is -0.108. The van der Waals surface area contributed by atoms with Crippen molar-refractivity contribution < 1.29 is 22.7 Å². The minimum absolute atomic E-state index is 0.285. The number of amides is 1. The molecule has 8 heteroatoms. The van der Waals surface area contributed by atoms with Gasteiger partial charge in [-0.05, 0) is 31.2 Å². The highest BCUT2D eigenvalue weighted by atomic mass is 19.4. The lowest BCUT2D eigenvalue weighted by Gasteiger charge is -2.21. The van der Waals surface area contributed by atoms with Crippen molar-refractivity contribution in [1.29, 1.82) is 0 Å². The maximum Gasteiger partial charge on any atom is 0.573 e. The van der Waals surface area contributed by atoms with Crippen LogP contribution in [0.4, 0.5) is 24.7 Å². The van der Waals surface area contributed by atoms with Crippen molar-refractivity contribution in [1.82, 2.24) is 9.78 Å². The minimum Gasteiger partial charge on any atom is -0.406 e. The molecule has 0 saturated carbocycles. The zero-order valence-electron chi connectivity index (χ0n) is 12.2. The molecule has 0 unspecified atom stereocenters. The van der Waals surface area contributed by atoms with E-state index in [2.05, 4.69) is 9.84 Å². The molecule has 2 rings (SSSR count). The number of rotatable bonds is 3. The summed E-state index contributed by atoms with van der Waals surface area (Å²) < 4.78 is 41.8. The summed E-state index contributed by atoms with van der Waals surface area (Å²) in [6.45, 7) is 3.14. The molecular weight excluding hydrogens is 299 g/mol. The molecule has 1 heterocycles. The fraction of sp³-hybridized carbons (Fsp3) is 0.286. The average molecular weight is 313 g/mol. The van der Waals surface area contributed by atoms with E-state index in [1.807, 2.05) is 0 Å². The Kier molecular flexibility index (Phi) is 4.11. The van der Waals surface area contributed by atoms with E-state index in [1.165, 1.54) is 28.6 Å². The third-order valence-electron chi connectivity index (χ3n) is 2.85. The predicted octanol–water partition coefficient (Wildman–Crippen LogP) is 3.31. The summed E-state index contributed by atoms with van der Waals surface area (Å²) in [7, 11) is 1.68. The predicted molar refractivity (Wildman–Crippen MR) is 73.9 cm³/mol. The maximum atomic E-state index is 12.2. The Morgan fingerprint density at radius 3 is 2.27 bits per heavy atom. The number of aryl methyl sites for hydroxylation is 2. The van der Waals surface area contributed by atoms with Gasteiger partial charge in [-0.3, -0.25) is 14.4 Å². The summed E-state index contributed by atoms with van der Waals surface area (Å²) in [4.78, 5) is 13.3. The van der Waals surface area contributed by atoms with Crippen molar-refractivity contribution in [2.45, 2.75) is 20.2 Å². The van der Waals surface area contributed by atoms with E-state index in [0.717, 1.165) is 17.8 Å². The summed E-state index contributed by atoms with van der Waals surface area (Å²) >= 11 is 0. The number of hydrogen-bond acceptors (Lipinski definition) is 3. The van der Waals surface area contributed by atoms with Crippen LogP contribution in [0, 0.1) is 6.92 Å². The lowest BCUT2D eigenvalue weighted by atomic mass is 10.2. The number of ether oxygens (including phenoxy) is 1. The monoisotopic (exact) mass is 313 g/mol. The number of hydrogen-bond donors (Lipinski definition) is 0. The highest BCUT2D eigenvalue weighted by Crippen LogP contribution is 2.29. The van der Waals surface area contributed by atoms with Gasteiger partial charge in [-0.1, -0.05) is 0 Å². The van der Waals surface area contributed by atoms with E-state index >= 15 is 0 Å². The van der Waals surface area contributed by atoms with Crippen LogP contribution >= 0.6 is 0 Å². The van der Waals surface area contributed by atoms with Crippen LogP contribution in [0.15, 0.2) is 30.3 Å². The number of alkyl halides is 3. The first-order valence-electron chi connectivity index (χ1n) is 6.34. The smallest absolute Gasteiger partial charge is 0.406 e. The van der Waals surface area contributed by atoms with Gasteiger partial charge in [0.1, 0.15) is 11.6 Å². The molecule has 0 fully saturated rings. The van der Waals surface area contributed by atoms with Crippen molar-refractivity contribution in [2.75, 3.05) is 4.90 Å². The van der Waals surface area contributed by atoms with Gasteiger partial charge < -0.3 is 4.74 Å². The third kappa shape index (κ3) is 3.57. The maximum absolute atomic E-state index is 12.2. The number of anilines is 2. The minimum atomic E-state index is -4.75. The van der Waals surface area contributed by atoms with Gasteiger partial charge in [0.15, 0.2) is 0 Å². The van der Waals surface area contributed by atoms with Crippen LogP contribution in [0.3, 0.4) is 0 Å². The topological polar surface area (TPSA) is 47.4 Å². The van der Waals surface area contributed by atoms with Crippen LogP contribution in [-0.2, 0) is 11.8 Å². The van der Waals surface area contributed by atoms with Gasteiger partial charge in [-0.15, -0.1) is 13.2 Å². The molecule has 1 amide bonds. The summed E-state index contributed by atoms with van der Waals surface area (Å²) in [6, 6.07) is 6.78. The molecule has 0 aliphatic carbocycles. The van der Waals surface area contributed by atoms with Crippen molar-refractivity contribution in [3.05, 3.63) is 36.0 Å². The Morgan fingerprint density at radius 1 is 1.27 bits per heavy atom. The third-order valence-corrected chi connectivity index (χ3v) is 2.85. The molecule has 5 nitrogen and oxygen atoms in total. The van der Waals surface area contributed by atoms with Gasteiger partial charge in [-0.2, -0.15) is 5.10 Å². The molecular formula is C14H14F3N3O2. The first-order chi connectivity index (χ1) is 10.2. The molecule has 0 spiro atoms. The largest absolute Gasteiger partial charge is 0.573 e. The second-order valence-corrected chi connectivity index (χ2v) is 4.66. The summed E-state index contributed by atoms with van der Waals surface area (Å²) in [5.41, 5.74) is 1.14. The van der Waals surface area contributed by atoms with E-state index in [0.29, 0.717) is 11.5 Å². The van der Waals surface area contributed by atoms with Gasteiger partial charge in [-0.25, -0.2) is 0 Å². The van der Waals surface area contributed by atoms with Crippen LogP contribution < -0.4 is 9.64 Å². The molecule has 1 aromatic carbocycles. The number of carbonyl (C=O) groups excluding carboxylic acids is 1. The molecule has 118 valence electrons. The summed E-state index contributed by atoms with van der Waals surface area (Å²) in [6.07, 6.45) is -4.75. The van der Waals surface area contributed by atoms with Crippen LogP contribution in [0.5, 0.6) is 5.75 Å². The first-order valence-corrected chi connectivity index (χ1v) is 6.34. The highest BCUT2D eigenvalue weighted by molar-refractivity contribution is 5.98. The van der Waals surface area contributed by atoms with Crippen LogP contribution in [-0.4, -0.2) is 22.1 Å². The number of benzene rings is 1. The number of carbonyl (C=O) groups is 1. The Labute approximate surface area is 124 Å². The van der Waals surface area contributed by atoms with E-state index in [1.54, 1.807) is 20.0 Å². The average Bonchev–Trinajstić information content (AvgIpc) is 2.69. The molecule has 1 aromatic heterocycles. The van der Waals surface area contributed by atoms with Gasteiger partial charge in [0.25, 0.3) is 0 Å². The molecule has 0 aliphatic rings. The van der Waals surface area contributed by atoms with Gasteiger partial charge in [0.2, 0.25) is 5.91 Å². The standard InChI is InChI=1S/C14H14F3N3O2/c1-9-8-13(19(3)18-9)20(10(2)21)11-4-6-12(7-5-11)22-14(15,16)17/h4-8H,1-3H3. The molecule has 0 atom stereocenters. The number of halogens is 3. The Bertz CT molecular complexity index is 678. The van der Waals surface area contributed by atoms with E-state index in [4.69, 9.17) is 0 Å². The van der Waals surface area contributed by atoms with Gasteiger partial charge in [0, 0.05) is 20.0 Å². The van der Waals surface area contributed by atoms with Crippen molar-refractivity contribution >= 4 is 17.4 Å². The molecule has 0 saturated heterocycles. The number of nitrogens with zero attached hydrogens (tertiary/aromatic N) is 3. The lowest BCUT2D eigenvalue weighted by molar-refractivity contribution is -0.274. The van der Waals surface area contributed by atoms with Crippen molar-refractivity contribution in [3.63, 3.8) is 0 Å². The Morgan fingerprint density at radius 2 is 1.86 bits per heavy atom. The van der Waals surface area contributed by atoms with Crippen molar-refractivity contribution in [3.8, 4) is 5.75 Å². The highest BCUT2D eigenvalue weighted by Gasteiger charge is 2.31. The fourth-order valence-corrected chi connectivity index (χ4v) is 2.08. The quantitative estimate of drug-likeness (QED) is 0.873. The second-order valence-electron chi connectivity index (χ2n) is 4.66. The van der Waals surface area contributed by atoms with Crippen LogP contribution in [0.1, 0.15) is 12.6 Å².